The number of carboxylic acids is 1. The molecule has 0 heterocycles. The average Bonchev–Trinajstić information content (AvgIpc) is 2.79. The minimum absolute atomic E-state index is 0.193. The van der Waals surface area contributed by atoms with Gasteiger partial charge in [-0.2, -0.15) is 0 Å². The summed E-state index contributed by atoms with van der Waals surface area (Å²) in [6, 6.07) is -0.196. The molecule has 3 N–H and O–H groups in total. The van der Waals surface area contributed by atoms with E-state index in [1.54, 1.807) is 0 Å². The fourth-order valence-electron chi connectivity index (χ4n) is 4.01. The summed E-state index contributed by atoms with van der Waals surface area (Å²) in [6.07, 6.45) is 6.72. The standard InChI is InChI=1S/C16H28N2O3/c1-3-11-8-9-13(10(11)2)17-16(21)18-14-7-5-4-6-12(14)15(19)20/h10-14H,3-9H2,1-2H3,(H,19,20)(H2,17,18,21). The smallest absolute Gasteiger partial charge is 0.315 e. The summed E-state index contributed by atoms with van der Waals surface area (Å²) in [5.74, 6) is -0.0340. The molecule has 0 aromatic heterocycles. The van der Waals surface area contributed by atoms with Gasteiger partial charge < -0.3 is 15.7 Å². The topological polar surface area (TPSA) is 78.4 Å². The van der Waals surface area contributed by atoms with Gasteiger partial charge in [0, 0.05) is 12.1 Å². The van der Waals surface area contributed by atoms with Crippen LogP contribution in [0.2, 0.25) is 0 Å². The van der Waals surface area contributed by atoms with Crippen molar-refractivity contribution in [3.05, 3.63) is 0 Å². The number of nitrogens with one attached hydrogen (secondary N) is 2. The number of carboxylic acid groups (broad SMARTS) is 1. The van der Waals surface area contributed by atoms with E-state index in [1.165, 1.54) is 6.42 Å². The van der Waals surface area contributed by atoms with Gasteiger partial charge >= 0.3 is 12.0 Å². The second-order valence-electron chi connectivity index (χ2n) is 6.66. The van der Waals surface area contributed by atoms with Crippen LogP contribution in [0.4, 0.5) is 4.79 Å². The van der Waals surface area contributed by atoms with Gasteiger partial charge in [0.05, 0.1) is 5.92 Å². The second kappa shape index (κ2) is 7.14. The Kier molecular flexibility index (Phi) is 5.48. The zero-order chi connectivity index (χ0) is 15.4. The number of aliphatic carboxylic acids is 1. The van der Waals surface area contributed by atoms with Crippen molar-refractivity contribution < 1.29 is 14.7 Å². The molecule has 0 aromatic carbocycles. The van der Waals surface area contributed by atoms with E-state index in [4.69, 9.17) is 0 Å². The second-order valence-corrected chi connectivity index (χ2v) is 6.66. The highest BCUT2D eigenvalue weighted by Gasteiger charge is 2.35. The monoisotopic (exact) mass is 296 g/mol. The van der Waals surface area contributed by atoms with E-state index in [9.17, 15) is 14.7 Å². The third kappa shape index (κ3) is 3.89. The third-order valence-corrected chi connectivity index (χ3v) is 5.47. The lowest BCUT2D eigenvalue weighted by atomic mass is 9.84. The number of urea groups is 1. The zero-order valence-corrected chi connectivity index (χ0v) is 13.1. The van der Waals surface area contributed by atoms with Crippen LogP contribution in [0.15, 0.2) is 0 Å². The molecule has 0 spiro atoms. The van der Waals surface area contributed by atoms with E-state index in [0.29, 0.717) is 18.3 Å². The molecule has 120 valence electrons. The minimum Gasteiger partial charge on any atom is -0.481 e. The van der Waals surface area contributed by atoms with E-state index in [0.717, 1.165) is 32.1 Å². The maximum Gasteiger partial charge on any atom is 0.315 e. The Labute approximate surface area is 126 Å². The molecule has 0 aromatic rings. The highest BCUT2D eigenvalue weighted by Crippen LogP contribution is 2.33. The molecular weight excluding hydrogens is 268 g/mol. The van der Waals surface area contributed by atoms with Crippen LogP contribution in [0.3, 0.4) is 0 Å². The summed E-state index contributed by atoms with van der Waals surface area (Å²) in [5.41, 5.74) is 0. The van der Waals surface area contributed by atoms with Crippen molar-refractivity contribution in [3.8, 4) is 0 Å². The first-order valence-electron chi connectivity index (χ1n) is 8.32. The third-order valence-electron chi connectivity index (χ3n) is 5.47. The molecule has 2 amide bonds. The van der Waals surface area contributed by atoms with Crippen molar-refractivity contribution in [1.82, 2.24) is 10.6 Å². The van der Waals surface area contributed by atoms with Crippen molar-refractivity contribution in [2.75, 3.05) is 0 Å². The number of amides is 2. The Bertz CT molecular complexity index is 386. The van der Waals surface area contributed by atoms with Crippen LogP contribution in [0.1, 0.15) is 58.8 Å². The van der Waals surface area contributed by atoms with Crippen LogP contribution in [-0.2, 0) is 4.79 Å². The molecule has 2 fully saturated rings. The molecule has 2 aliphatic rings. The molecule has 2 rings (SSSR count). The summed E-state index contributed by atoms with van der Waals surface area (Å²) in [5, 5.41) is 15.2. The quantitative estimate of drug-likeness (QED) is 0.746. The van der Waals surface area contributed by atoms with Gasteiger partial charge in [-0.3, -0.25) is 4.79 Å². The van der Waals surface area contributed by atoms with Crippen molar-refractivity contribution >= 4 is 12.0 Å². The molecule has 5 unspecified atom stereocenters. The molecule has 5 heteroatoms. The highest BCUT2D eigenvalue weighted by atomic mass is 16.4. The molecule has 0 bridgehead atoms. The molecule has 5 atom stereocenters. The summed E-state index contributed by atoms with van der Waals surface area (Å²) < 4.78 is 0. The van der Waals surface area contributed by atoms with Crippen LogP contribution < -0.4 is 10.6 Å². The SMILES string of the molecule is CCC1CCC(NC(=O)NC2CCCCC2C(=O)O)C1C. The largest absolute Gasteiger partial charge is 0.481 e. The molecule has 2 aliphatic carbocycles. The van der Waals surface area contributed by atoms with Gasteiger partial charge in [-0.15, -0.1) is 0 Å². The first-order valence-corrected chi connectivity index (χ1v) is 8.32. The number of rotatable bonds is 4. The number of hydrogen-bond acceptors (Lipinski definition) is 2. The molecule has 2 saturated carbocycles. The Hall–Kier alpha value is -1.26. The molecule has 0 aliphatic heterocycles. The summed E-state index contributed by atoms with van der Waals surface area (Å²) in [6.45, 7) is 4.40. The normalized spacial score (nSPS) is 36.2. The molecule has 21 heavy (non-hydrogen) atoms. The number of hydrogen-bond donors (Lipinski definition) is 3. The fourth-order valence-corrected chi connectivity index (χ4v) is 4.01. The molecule has 0 radical (unpaired) electrons. The summed E-state index contributed by atoms with van der Waals surface area (Å²) >= 11 is 0. The van der Waals surface area contributed by atoms with Crippen LogP contribution >= 0.6 is 0 Å². The Morgan fingerprint density at radius 3 is 2.33 bits per heavy atom. The zero-order valence-electron chi connectivity index (χ0n) is 13.1. The molecule has 5 nitrogen and oxygen atoms in total. The highest BCUT2D eigenvalue weighted by molar-refractivity contribution is 5.77. The van der Waals surface area contributed by atoms with Crippen molar-refractivity contribution in [3.63, 3.8) is 0 Å². The van der Waals surface area contributed by atoms with Crippen LogP contribution in [-0.4, -0.2) is 29.2 Å². The van der Waals surface area contributed by atoms with Crippen LogP contribution in [0.25, 0.3) is 0 Å². The lowest BCUT2D eigenvalue weighted by molar-refractivity contribution is -0.143. The minimum atomic E-state index is -0.791. The van der Waals surface area contributed by atoms with E-state index >= 15 is 0 Å². The van der Waals surface area contributed by atoms with E-state index in [-0.39, 0.29) is 18.1 Å². The van der Waals surface area contributed by atoms with E-state index in [1.807, 2.05) is 0 Å². The summed E-state index contributed by atoms with van der Waals surface area (Å²) in [7, 11) is 0. The maximum atomic E-state index is 12.2. The van der Waals surface area contributed by atoms with Gasteiger partial charge in [-0.05, 0) is 37.5 Å². The molecule has 0 saturated heterocycles. The van der Waals surface area contributed by atoms with Gasteiger partial charge in [-0.25, -0.2) is 4.79 Å². The predicted octanol–water partition coefficient (Wildman–Crippen LogP) is 2.75. The van der Waals surface area contributed by atoms with Gasteiger partial charge in [0.15, 0.2) is 0 Å². The van der Waals surface area contributed by atoms with Crippen LogP contribution in [0.5, 0.6) is 0 Å². The lowest BCUT2D eigenvalue weighted by Gasteiger charge is -2.30. The van der Waals surface area contributed by atoms with E-state index in [2.05, 4.69) is 24.5 Å². The van der Waals surface area contributed by atoms with Crippen molar-refractivity contribution in [2.45, 2.75) is 70.9 Å². The fraction of sp³-hybridized carbons (Fsp3) is 0.875. The first-order chi connectivity index (χ1) is 10.0. The van der Waals surface area contributed by atoms with Gasteiger partial charge in [0.2, 0.25) is 0 Å². The Morgan fingerprint density at radius 1 is 1.05 bits per heavy atom. The maximum absolute atomic E-state index is 12.2. The Balaban J connectivity index is 1.85. The van der Waals surface area contributed by atoms with Crippen LogP contribution in [0, 0.1) is 17.8 Å². The Morgan fingerprint density at radius 2 is 1.71 bits per heavy atom. The van der Waals surface area contributed by atoms with E-state index < -0.39 is 11.9 Å². The van der Waals surface area contributed by atoms with Gasteiger partial charge in [0.25, 0.3) is 0 Å². The summed E-state index contributed by atoms with van der Waals surface area (Å²) in [4.78, 5) is 23.4. The average molecular weight is 296 g/mol. The van der Waals surface area contributed by atoms with Gasteiger partial charge in [0.1, 0.15) is 0 Å². The first kappa shape index (κ1) is 16.1. The molecular formula is C16H28N2O3. The number of carbonyl (C=O) groups is 2. The lowest BCUT2D eigenvalue weighted by Crippen LogP contribution is -2.51. The van der Waals surface area contributed by atoms with Gasteiger partial charge in [-0.1, -0.05) is 33.1 Å². The number of carbonyl (C=O) groups excluding carboxylic acids is 1. The predicted molar refractivity (Wildman–Crippen MR) is 81.0 cm³/mol. The van der Waals surface area contributed by atoms with Crippen molar-refractivity contribution in [1.29, 1.82) is 0 Å². The van der Waals surface area contributed by atoms with Crippen molar-refractivity contribution in [2.24, 2.45) is 17.8 Å².